The molecule has 0 aliphatic heterocycles. The number of amides is 1. The fourth-order valence-electron chi connectivity index (χ4n) is 4.72. The molecule has 6 aromatic rings. The van der Waals surface area contributed by atoms with Crippen LogP contribution >= 0.6 is 15.9 Å². The van der Waals surface area contributed by atoms with Crippen LogP contribution in [0.1, 0.15) is 12.5 Å². The van der Waals surface area contributed by atoms with Gasteiger partial charge in [-0.2, -0.15) is 9.78 Å². The Morgan fingerprint density at radius 1 is 1.07 bits per heavy atom. The Morgan fingerprint density at radius 3 is 2.63 bits per heavy atom. The van der Waals surface area contributed by atoms with E-state index in [9.17, 15) is 19.7 Å². The standard InChI is InChI=1S/C33H24BrN5O7/c1-2-44-28-15-20(14-26(39(42)43)31(28)45-19-30(40)36-23-8-4-3-5-9-23)18-35-38-32(37-25-11-7-6-10-24(25)33(38)41)29-17-21-16-22(34)12-13-27(21)46-29/h3-18H,2,19H2,1H3,(H,36,40). The van der Waals surface area contributed by atoms with Gasteiger partial charge in [0.15, 0.2) is 18.1 Å². The fourth-order valence-corrected chi connectivity index (χ4v) is 5.10. The van der Waals surface area contributed by atoms with Gasteiger partial charge in [-0.1, -0.05) is 46.3 Å². The first-order valence-electron chi connectivity index (χ1n) is 14.0. The molecule has 0 bridgehead atoms. The lowest BCUT2D eigenvalue weighted by Crippen LogP contribution is -2.21. The Labute approximate surface area is 269 Å². The van der Waals surface area contributed by atoms with E-state index in [4.69, 9.17) is 13.9 Å². The zero-order chi connectivity index (χ0) is 32.2. The van der Waals surface area contributed by atoms with E-state index in [2.05, 4.69) is 31.3 Å². The summed E-state index contributed by atoms with van der Waals surface area (Å²) >= 11 is 3.45. The molecule has 2 heterocycles. The van der Waals surface area contributed by atoms with Crippen molar-refractivity contribution in [2.75, 3.05) is 18.5 Å². The maximum Gasteiger partial charge on any atom is 0.315 e. The van der Waals surface area contributed by atoms with Gasteiger partial charge in [-0.25, -0.2) is 4.98 Å². The summed E-state index contributed by atoms with van der Waals surface area (Å²) in [7, 11) is 0. The molecule has 0 aliphatic carbocycles. The van der Waals surface area contributed by atoms with Crippen molar-refractivity contribution in [1.82, 2.24) is 9.66 Å². The number of halogens is 1. The number of hydrogen-bond acceptors (Lipinski definition) is 9. The number of hydrogen-bond donors (Lipinski definition) is 1. The Kier molecular flexibility index (Phi) is 8.57. The molecular formula is C33H24BrN5O7. The molecule has 1 amide bonds. The summed E-state index contributed by atoms with van der Waals surface area (Å²) in [6.07, 6.45) is 1.28. The summed E-state index contributed by atoms with van der Waals surface area (Å²) in [5.41, 5.74) is 0.893. The average molecular weight is 682 g/mol. The largest absolute Gasteiger partial charge is 0.490 e. The Balaban J connectivity index is 1.39. The van der Waals surface area contributed by atoms with Crippen LogP contribution < -0.4 is 20.3 Å². The zero-order valence-corrected chi connectivity index (χ0v) is 25.8. The molecule has 4 aromatic carbocycles. The molecule has 0 saturated carbocycles. The first-order valence-corrected chi connectivity index (χ1v) is 14.8. The number of rotatable bonds is 10. The number of carbonyl (C=O) groups excluding carboxylic acids is 1. The third-order valence-corrected chi connectivity index (χ3v) is 7.23. The highest BCUT2D eigenvalue weighted by Crippen LogP contribution is 2.38. The second kappa shape index (κ2) is 13.0. The highest BCUT2D eigenvalue weighted by Gasteiger charge is 2.24. The monoisotopic (exact) mass is 681 g/mol. The second-order valence-corrected chi connectivity index (χ2v) is 10.8. The third kappa shape index (κ3) is 6.35. The fraction of sp³-hybridized carbons (Fsp3) is 0.0909. The normalized spacial score (nSPS) is 11.3. The molecule has 0 saturated heterocycles. The molecule has 13 heteroatoms. The van der Waals surface area contributed by atoms with Crippen LogP contribution in [0.5, 0.6) is 11.5 Å². The molecule has 0 atom stereocenters. The summed E-state index contributed by atoms with van der Waals surface area (Å²) in [5, 5.41) is 20.3. The lowest BCUT2D eigenvalue weighted by atomic mass is 10.2. The number of aromatic nitrogens is 2. The van der Waals surface area contributed by atoms with Crippen LogP contribution in [-0.2, 0) is 4.79 Å². The van der Waals surface area contributed by atoms with E-state index in [1.807, 2.05) is 12.1 Å². The highest BCUT2D eigenvalue weighted by atomic mass is 79.9. The van der Waals surface area contributed by atoms with Crippen LogP contribution in [0, 0.1) is 10.1 Å². The maximum atomic E-state index is 13.7. The SMILES string of the molecule is CCOc1cc(C=Nn2c(-c3cc4cc(Br)ccc4o3)nc3ccccc3c2=O)cc([N+](=O)[O-])c1OCC(=O)Nc1ccccc1. The number of anilines is 1. The number of para-hydroxylation sites is 2. The number of nitrogens with zero attached hydrogens (tertiary/aromatic N) is 4. The highest BCUT2D eigenvalue weighted by molar-refractivity contribution is 9.10. The minimum atomic E-state index is -0.647. The number of carbonyl (C=O) groups is 1. The van der Waals surface area contributed by atoms with Crippen molar-refractivity contribution in [1.29, 1.82) is 0 Å². The van der Waals surface area contributed by atoms with E-state index in [0.29, 0.717) is 27.9 Å². The minimum Gasteiger partial charge on any atom is -0.490 e. The van der Waals surface area contributed by atoms with E-state index >= 15 is 0 Å². The van der Waals surface area contributed by atoms with E-state index < -0.39 is 28.7 Å². The van der Waals surface area contributed by atoms with Crippen molar-refractivity contribution in [3.05, 3.63) is 121 Å². The number of benzene rings is 4. The van der Waals surface area contributed by atoms with Crippen molar-refractivity contribution in [2.45, 2.75) is 6.92 Å². The Morgan fingerprint density at radius 2 is 1.85 bits per heavy atom. The van der Waals surface area contributed by atoms with E-state index in [0.717, 1.165) is 14.5 Å². The molecule has 0 fully saturated rings. The van der Waals surface area contributed by atoms with Gasteiger partial charge in [0.05, 0.1) is 28.6 Å². The van der Waals surface area contributed by atoms with Crippen LogP contribution in [0.15, 0.2) is 110 Å². The molecule has 0 radical (unpaired) electrons. The zero-order valence-electron chi connectivity index (χ0n) is 24.2. The van der Waals surface area contributed by atoms with Crippen LogP contribution in [0.2, 0.25) is 0 Å². The van der Waals surface area contributed by atoms with Gasteiger partial charge in [0, 0.05) is 27.2 Å². The van der Waals surface area contributed by atoms with Crippen LogP contribution in [0.25, 0.3) is 33.5 Å². The molecule has 46 heavy (non-hydrogen) atoms. The van der Waals surface area contributed by atoms with Gasteiger partial charge in [-0.15, -0.1) is 0 Å². The van der Waals surface area contributed by atoms with Crippen LogP contribution in [-0.4, -0.2) is 39.9 Å². The first-order chi connectivity index (χ1) is 22.3. The molecule has 0 spiro atoms. The van der Waals surface area contributed by atoms with E-state index in [-0.39, 0.29) is 29.5 Å². The second-order valence-electron chi connectivity index (χ2n) is 9.87. The van der Waals surface area contributed by atoms with Crippen molar-refractivity contribution in [2.24, 2.45) is 5.10 Å². The predicted octanol–water partition coefficient (Wildman–Crippen LogP) is 6.78. The van der Waals surface area contributed by atoms with E-state index in [1.54, 1.807) is 73.7 Å². The van der Waals surface area contributed by atoms with Crippen molar-refractivity contribution in [3.63, 3.8) is 0 Å². The third-order valence-electron chi connectivity index (χ3n) is 6.73. The summed E-state index contributed by atoms with van der Waals surface area (Å²) in [5.74, 6) is -0.270. The molecule has 0 unspecified atom stereocenters. The van der Waals surface area contributed by atoms with Crippen LogP contribution in [0.4, 0.5) is 11.4 Å². The topological polar surface area (TPSA) is 151 Å². The van der Waals surface area contributed by atoms with Crippen molar-refractivity contribution >= 4 is 61.3 Å². The van der Waals surface area contributed by atoms with Gasteiger partial charge in [0.25, 0.3) is 11.5 Å². The quantitative estimate of drug-likeness (QED) is 0.0944. The average Bonchev–Trinajstić information content (AvgIpc) is 3.47. The summed E-state index contributed by atoms with van der Waals surface area (Å²) in [6, 6.07) is 25.5. The minimum absolute atomic E-state index is 0.0257. The number of nitro groups is 1. The van der Waals surface area contributed by atoms with Gasteiger partial charge in [-0.3, -0.25) is 19.7 Å². The summed E-state index contributed by atoms with van der Waals surface area (Å²) in [4.78, 5) is 42.3. The van der Waals surface area contributed by atoms with Crippen LogP contribution in [0.3, 0.4) is 0 Å². The lowest BCUT2D eigenvalue weighted by Gasteiger charge is -2.13. The predicted molar refractivity (Wildman–Crippen MR) is 177 cm³/mol. The summed E-state index contributed by atoms with van der Waals surface area (Å²) in [6.45, 7) is 1.36. The van der Waals surface area contributed by atoms with Gasteiger partial charge >= 0.3 is 5.69 Å². The van der Waals surface area contributed by atoms with Gasteiger partial charge in [0.1, 0.15) is 5.58 Å². The number of nitro benzene ring substituents is 1. The molecule has 230 valence electrons. The molecule has 12 nitrogen and oxygen atoms in total. The number of nitrogens with one attached hydrogen (secondary N) is 1. The number of ether oxygens (including phenoxy) is 2. The Hall–Kier alpha value is -5.82. The number of fused-ring (bicyclic) bond motifs is 2. The summed E-state index contributed by atoms with van der Waals surface area (Å²) < 4.78 is 19.2. The van der Waals surface area contributed by atoms with Gasteiger partial charge < -0.3 is 19.2 Å². The van der Waals surface area contributed by atoms with E-state index in [1.165, 1.54) is 18.3 Å². The van der Waals surface area contributed by atoms with Gasteiger partial charge in [-0.05, 0) is 61.5 Å². The van der Waals surface area contributed by atoms with Gasteiger partial charge in [0.2, 0.25) is 11.6 Å². The smallest absolute Gasteiger partial charge is 0.315 e. The maximum absolute atomic E-state index is 13.7. The number of furan rings is 1. The van der Waals surface area contributed by atoms with Crippen molar-refractivity contribution < 1.29 is 23.6 Å². The van der Waals surface area contributed by atoms with Crippen molar-refractivity contribution in [3.8, 4) is 23.1 Å². The first kappa shape index (κ1) is 30.2. The molecule has 1 N–H and O–H groups in total. The molecule has 2 aromatic heterocycles. The molecule has 0 aliphatic rings. The molecular weight excluding hydrogens is 658 g/mol. The lowest BCUT2D eigenvalue weighted by molar-refractivity contribution is -0.385. The molecule has 6 rings (SSSR count). The Bertz CT molecular complexity index is 2190.